The van der Waals surface area contributed by atoms with Gasteiger partial charge in [-0.25, -0.2) is 4.98 Å². The number of para-hydroxylation sites is 1. The first-order valence-electron chi connectivity index (χ1n) is 8.47. The Morgan fingerprint density at radius 3 is 2.60 bits per heavy atom. The number of carbonyl (C=O) groups excluding carboxylic acids is 2. The van der Waals surface area contributed by atoms with Crippen molar-refractivity contribution in [1.29, 1.82) is 0 Å². The molecule has 2 amide bonds. The van der Waals surface area contributed by atoms with Crippen LogP contribution < -0.4 is 10.1 Å². The molecule has 0 unspecified atom stereocenters. The summed E-state index contributed by atoms with van der Waals surface area (Å²) in [5.74, 6) is 0.627. The highest BCUT2D eigenvalue weighted by atomic mass is 16.5. The van der Waals surface area contributed by atoms with E-state index in [1.165, 1.54) is 6.20 Å². The van der Waals surface area contributed by atoms with Crippen LogP contribution in [0, 0.1) is 0 Å². The van der Waals surface area contributed by atoms with E-state index in [-0.39, 0.29) is 18.4 Å². The standard InChI is InChI=1S/C19H21N3O3/c23-18(22-11-5-2-6-12-22)14-21-19(24)15-9-10-20-17(13-15)25-16-7-3-1-4-8-16/h1,3-4,7-10,13H,2,5-6,11-12,14H2,(H,21,24). The molecule has 6 nitrogen and oxygen atoms in total. The molecule has 2 heterocycles. The minimum Gasteiger partial charge on any atom is -0.439 e. The Balaban J connectivity index is 1.56. The van der Waals surface area contributed by atoms with E-state index >= 15 is 0 Å². The number of amides is 2. The van der Waals surface area contributed by atoms with Gasteiger partial charge in [0.2, 0.25) is 11.8 Å². The molecular formula is C19H21N3O3. The molecule has 3 rings (SSSR count). The number of aromatic nitrogens is 1. The average molecular weight is 339 g/mol. The minimum absolute atomic E-state index is 0.00995. The zero-order valence-corrected chi connectivity index (χ0v) is 14.0. The molecule has 1 aromatic heterocycles. The van der Waals surface area contributed by atoms with E-state index in [1.54, 1.807) is 17.0 Å². The van der Waals surface area contributed by atoms with Crippen LogP contribution in [0.3, 0.4) is 0 Å². The third-order valence-corrected chi connectivity index (χ3v) is 4.07. The van der Waals surface area contributed by atoms with Crippen molar-refractivity contribution in [3.05, 3.63) is 54.2 Å². The molecule has 25 heavy (non-hydrogen) atoms. The summed E-state index contributed by atoms with van der Waals surface area (Å²) >= 11 is 0. The van der Waals surface area contributed by atoms with Crippen LogP contribution in [0.15, 0.2) is 48.7 Å². The Morgan fingerprint density at radius 2 is 1.84 bits per heavy atom. The number of benzene rings is 1. The van der Waals surface area contributed by atoms with Gasteiger partial charge in [-0.15, -0.1) is 0 Å². The monoisotopic (exact) mass is 339 g/mol. The number of piperidine rings is 1. The largest absolute Gasteiger partial charge is 0.439 e. The van der Waals surface area contributed by atoms with Gasteiger partial charge in [0.25, 0.3) is 5.91 Å². The lowest BCUT2D eigenvalue weighted by atomic mass is 10.1. The lowest BCUT2D eigenvalue weighted by molar-refractivity contribution is -0.130. The van der Waals surface area contributed by atoms with E-state index in [9.17, 15) is 9.59 Å². The number of hydrogen-bond donors (Lipinski definition) is 1. The van der Waals surface area contributed by atoms with E-state index in [2.05, 4.69) is 10.3 Å². The third kappa shape index (κ3) is 4.79. The Kier molecular flexibility index (Phi) is 5.61. The van der Waals surface area contributed by atoms with Crippen LogP contribution in [0.2, 0.25) is 0 Å². The van der Waals surface area contributed by atoms with Crippen LogP contribution in [0.1, 0.15) is 29.6 Å². The Bertz CT molecular complexity index is 728. The lowest BCUT2D eigenvalue weighted by Crippen LogP contribution is -2.42. The number of rotatable bonds is 5. The van der Waals surface area contributed by atoms with Gasteiger partial charge in [0.1, 0.15) is 5.75 Å². The number of ether oxygens (including phenoxy) is 1. The second-order valence-corrected chi connectivity index (χ2v) is 5.92. The van der Waals surface area contributed by atoms with Gasteiger partial charge in [-0.05, 0) is 37.5 Å². The van der Waals surface area contributed by atoms with Gasteiger partial charge in [0.05, 0.1) is 6.54 Å². The van der Waals surface area contributed by atoms with Gasteiger partial charge in [0.15, 0.2) is 0 Å². The first-order chi connectivity index (χ1) is 12.2. The summed E-state index contributed by atoms with van der Waals surface area (Å²) in [6.07, 6.45) is 4.74. The second kappa shape index (κ2) is 8.28. The van der Waals surface area contributed by atoms with Crippen molar-refractivity contribution in [2.24, 2.45) is 0 Å². The van der Waals surface area contributed by atoms with Crippen molar-refractivity contribution in [3.63, 3.8) is 0 Å². The van der Waals surface area contributed by atoms with Crippen molar-refractivity contribution in [3.8, 4) is 11.6 Å². The molecule has 2 aromatic rings. The topological polar surface area (TPSA) is 71.5 Å². The maximum Gasteiger partial charge on any atom is 0.251 e. The van der Waals surface area contributed by atoms with Crippen molar-refractivity contribution in [2.75, 3.05) is 19.6 Å². The van der Waals surface area contributed by atoms with E-state index < -0.39 is 0 Å². The summed E-state index contributed by atoms with van der Waals surface area (Å²) in [4.78, 5) is 30.3. The smallest absolute Gasteiger partial charge is 0.251 e. The summed E-state index contributed by atoms with van der Waals surface area (Å²) in [5.41, 5.74) is 0.410. The fourth-order valence-electron chi connectivity index (χ4n) is 2.73. The zero-order chi connectivity index (χ0) is 17.5. The quantitative estimate of drug-likeness (QED) is 0.909. The lowest BCUT2D eigenvalue weighted by Gasteiger charge is -2.26. The molecule has 1 aromatic carbocycles. The van der Waals surface area contributed by atoms with Gasteiger partial charge in [-0.3, -0.25) is 9.59 Å². The number of carbonyl (C=O) groups is 2. The van der Waals surface area contributed by atoms with Crippen molar-refractivity contribution in [1.82, 2.24) is 15.2 Å². The summed E-state index contributed by atoms with van der Waals surface area (Å²) in [6, 6.07) is 12.4. The molecule has 0 atom stereocenters. The van der Waals surface area contributed by atoms with Crippen LogP contribution in [-0.2, 0) is 4.79 Å². The van der Waals surface area contributed by atoms with Gasteiger partial charge >= 0.3 is 0 Å². The normalized spacial score (nSPS) is 14.0. The van der Waals surface area contributed by atoms with Crippen molar-refractivity contribution in [2.45, 2.75) is 19.3 Å². The van der Waals surface area contributed by atoms with Crippen LogP contribution in [0.5, 0.6) is 11.6 Å². The Hall–Kier alpha value is -2.89. The van der Waals surface area contributed by atoms with E-state index in [4.69, 9.17) is 4.74 Å². The molecule has 1 fully saturated rings. The fourth-order valence-corrected chi connectivity index (χ4v) is 2.73. The number of nitrogens with zero attached hydrogens (tertiary/aromatic N) is 2. The summed E-state index contributed by atoms with van der Waals surface area (Å²) in [6.45, 7) is 1.56. The van der Waals surface area contributed by atoms with Gasteiger partial charge in [-0.2, -0.15) is 0 Å². The van der Waals surface area contributed by atoms with Crippen molar-refractivity contribution >= 4 is 11.8 Å². The van der Waals surface area contributed by atoms with Crippen LogP contribution in [0.25, 0.3) is 0 Å². The predicted molar refractivity (Wildman–Crippen MR) is 93.5 cm³/mol. The predicted octanol–water partition coefficient (Wildman–Crippen LogP) is 2.62. The van der Waals surface area contributed by atoms with Crippen LogP contribution in [-0.4, -0.2) is 41.3 Å². The molecular weight excluding hydrogens is 318 g/mol. The molecule has 1 N–H and O–H groups in total. The first kappa shape index (κ1) is 17.0. The zero-order valence-electron chi connectivity index (χ0n) is 14.0. The molecule has 1 aliphatic heterocycles. The third-order valence-electron chi connectivity index (χ3n) is 4.07. The summed E-state index contributed by atoms with van der Waals surface area (Å²) in [5, 5.41) is 2.67. The highest BCUT2D eigenvalue weighted by molar-refractivity contribution is 5.96. The number of nitrogens with one attached hydrogen (secondary N) is 1. The maximum absolute atomic E-state index is 12.3. The molecule has 0 saturated carbocycles. The molecule has 0 bridgehead atoms. The molecule has 1 saturated heterocycles. The number of hydrogen-bond acceptors (Lipinski definition) is 4. The van der Waals surface area contributed by atoms with Gasteiger partial charge in [-0.1, -0.05) is 18.2 Å². The minimum atomic E-state index is -0.314. The summed E-state index contributed by atoms with van der Waals surface area (Å²) in [7, 11) is 0. The average Bonchev–Trinajstić information content (AvgIpc) is 2.67. The fraction of sp³-hybridized carbons (Fsp3) is 0.316. The molecule has 130 valence electrons. The highest BCUT2D eigenvalue weighted by Gasteiger charge is 2.17. The summed E-state index contributed by atoms with van der Waals surface area (Å²) < 4.78 is 5.62. The van der Waals surface area contributed by atoms with Crippen LogP contribution in [0.4, 0.5) is 0 Å². The Labute approximate surface area is 146 Å². The SMILES string of the molecule is O=C(NCC(=O)N1CCCCC1)c1ccnc(Oc2ccccc2)c1. The molecule has 6 heteroatoms. The molecule has 1 aliphatic rings. The molecule has 0 radical (unpaired) electrons. The molecule has 0 spiro atoms. The maximum atomic E-state index is 12.3. The first-order valence-corrected chi connectivity index (χ1v) is 8.47. The van der Waals surface area contributed by atoms with E-state index in [1.807, 2.05) is 30.3 Å². The van der Waals surface area contributed by atoms with E-state index in [0.717, 1.165) is 32.4 Å². The Morgan fingerprint density at radius 1 is 1.08 bits per heavy atom. The number of pyridine rings is 1. The second-order valence-electron chi connectivity index (χ2n) is 5.92. The van der Waals surface area contributed by atoms with Gasteiger partial charge < -0.3 is 15.0 Å². The van der Waals surface area contributed by atoms with Gasteiger partial charge in [0, 0.05) is 30.9 Å². The molecule has 0 aliphatic carbocycles. The highest BCUT2D eigenvalue weighted by Crippen LogP contribution is 2.19. The van der Waals surface area contributed by atoms with Crippen molar-refractivity contribution < 1.29 is 14.3 Å². The van der Waals surface area contributed by atoms with E-state index in [0.29, 0.717) is 17.2 Å². The van der Waals surface area contributed by atoms with Crippen LogP contribution >= 0.6 is 0 Å². The number of likely N-dealkylation sites (tertiary alicyclic amines) is 1.